The molecule has 1 saturated heterocycles. The highest BCUT2D eigenvalue weighted by atomic mass is 16.2. The second-order valence-corrected chi connectivity index (χ2v) is 7.72. The minimum Gasteiger partial charge on any atom is -0.353 e. The van der Waals surface area contributed by atoms with Crippen LogP contribution in [0.4, 0.5) is 0 Å². The molecule has 2 heterocycles. The number of amides is 2. The zero-order valence-corrected chi connectivity index (χ0v) is 15.6. The topological polar surface area (TPSA) is 104 Å². The predicted octanol–water partition coefficient (Wildman–Crippen LogP) is 0.455. The van der Waals surface area contributed by atoms with E-state index >= 15 is 0 Å². The van der Waals surface area contributed by atoms with Crippen molar-refractivity contribution in [2.75, 3.05) is 19.6 Å². The lowest BCUT2D eigenvalue weighted by Gasteiger charge is -2.33. The van der Waals surface area contributed by atoms with Crippen LogP contribution in [-0.4, -0.2) is 45.9 Å². The molecule has 4 rings (SSSR count). The van der Waals surface area contributed by atoms with Gasteiger partial charge in [0.1, 0.15) is 0 Å². The van der Waals surface area contributed by atoms with Crippen LogP contribution in [0.1, 0.15) is 25.7 Å². The Morgan fingerprint density at radius 2 is 1.82 bits per heavy atom. The van der Waals surface area contributed by atoms with Gasteiger partial charge in [-0.2, -0.15) is 0 Å². The van der Waals surface area contributed by atoms with E-state index in [-0.39, 0.29) is 41.4 Å². The Labute approximate surface area is 161 Å². The lowest BCUT2D eigenvalue weighted by molar-refractivity contribution is -0.142. The van der Waals surface area contributed by atoms with Crippen LogP contribution in [0.3, 0.4) is 0 Å². The molecule has 1 aliphatic heterocycles. The van der Waals surface area contributed by atoms with Crippen molar-refractivity contribution in [1.82, 2.24) is 19.8 Å². The van der Waals surface area contributed by atoms with Gasteiger partial charge in [-0.3, -0.25) is 19.0 Å². The first kappa shape index (κ1) is 18.5. The standard InChI is InChI=1S/C20H24N4O4/c25-17-12-23(10-9-21-17)18(26)14-7-5-13(6-8-14)11-24-19(27)15-3-1-2-4-16(15)22-20(24)28/h1-4,13-14H,5-12H2,(H,21,25)(H,22,28). The molecule has 8 nitrogen and oxygen atoms in total. The lowest BCUT2D eigenvalue weighted by Crippen LogP contribution is -2.52. The fourth-order valence-electron chi connectivity index (χ4n) is 4.30. The predicted molar refractivity (Wildman–Crippen MR) is 104 cm³/mol. The first-order chi connectivity index (χ1) is 13.5. The zero-order chi connectivity index (χ0) is 19.7. The summed E-state index contributed by atoms with van der Waals surface area (Å²) in [6, 6.07) is 7.00. The van der Waals surface area contributed by atoms with Crippen molar-refractivity contribution >= 4 is 22.7 Å². The van der Waals surface area contributed by atoms with E-state index in [0.29, 0.717) is 30.5 Å². The molecule has 0 spiro atoms. The van der Waals surface area contributed by atoms with E-state index in [9.17, 15) is 19.2 Å². The number of fused-ring (bicyclic) bond motifs is 1. The number of nitrogens with zero attached hydrogens (tertiary/aromatic N) is 2. The van der Waals surface area contributed by atoms with E-state index in [4.69, 9.17) is 0 Å². The van der Waals surface area contributed by atoms with Crippen LogP contribution in [0.5, 0.6) is 0 Å². The number of aromatic amines is 1. The Bertz CT molecular complexity index is 1020. The normalized spacial score (nSPS) is 22.9. The van der Waals surface area contributed by atoms with Gasteiger partial charge in [0.25, 0.3) is 5.56 Å². The van der Waals surface area contributed by atoms with Gasteiger partial charge in [-0.25, -0.2) is 4.79 Å². The van der Waals surface area contributed by atoms with Gasteiger partial charge in [-0.05, 0) is 43.7 Å². The molecule has 2 aromatic rings. The Morgan fingerprint density at radius 3 is 2.57 bits per heavy atom. The van der Waals surface area contributed by atoms with Gasteiger partial charge in [0.15, 0.2) is 0 Å². The smallest absolute Gasteiger partial charge is 0.328 e. The maximum atomic E-state index is 12.7. The van der Waals surface area contributed by atoms with Crippen LogP contribution in [0.2, 0.25) is 0 Å². The van der Waals surface area contributed by atoms with Gasteiger partial charge < -0.3 is 15.2 Å². The molecule has 8 heteroatoms. The molecule has 0 atom stereocenters. The molecule has 2 amide bonds. The van der Waals surface area contributed by atoms with Crippen LogP contribution in [0, 0.1) is 11.8 Å². The highest BCUT2D eigenvalue weighted by Gasteiger charge is 2.31. The van der Waals surface area contributed by atoms with Crippen LogP contribution in [0.25, 0.3) is 10.9 Å². The van der Waals surface area contributed by atoms with E-state index in [1.165, 1.54) is 4.57 Å². The minimum absolute atomic E-state index is 0.0500. The van der Waals surface area contributed by atoms with E-state index < -0.39 is 0 Å². The summed E-state index contributed by atoms with van der Waals surface area (Å²) in [6.07, 6.45) is 3.02. The first-order valence-corrected chi connectivity index (χ1v) is 9.80. The molecule has 28 heavy (non-hydrogen) atoms. The maximum absolute atomic E-state index is 12.7. The number of rotatable bonds is 3. The zero-order valence-electron chi connectivity index (χ0n) is 15.6. The Morgan fingerprint density at radius 1 is 1.07 bits per heavy atom. The number of carbonyl (C=O) groups is 2. The summed E-state index contributed by atoms with van der Waals surface area (Å²) in [5, 5.41) is 3.24. The summed E-state index contributed by atoms with van der Waals surface area (Å²) in [6.45, 7) is 1.58. The average molecular weight is 384 g/mol. The maximum Gasteiger partial charge on any atom is 0.328 e. The summed E-state index contributed by atoms with van der Waals surface area (Å²) in [5.41, 5.74) is -0.105. The van der Waals surface area contributed by atoms with E-state index in [1.807, 2.05) is 0 Å². The summed E-state index contributed by atoms with van der Waals surface area (Å²) >= 11 is 0. The molecule has 148 valence electrons. The third kappa shape index (κ3) is 3.58. The number of H-pyrrole nitrogens is 1. The monoisotopic (exact) mass is 384 g/mol. The summed E-state index contributed by atoms with van der Waals surface area (Å²) in [4.78, 5) is 53.6. The summed E-state index contributed by atoms with van der Waals surface area (Å²) < 4.78 is 1.28. The molecule has 0 radical (unpaired) electrons. The van der Waals surface area contributed by atoms with Crippen molar-refractivity contribution in [2.24, 2.45) is 11.8 Å². The van der Waals surface area contributed by atoms with Crippen molar-refractivity contribution < 1.29 is 9.59 Å². The second kappa shape index (κ2) is 7.61. The molecular weight excluding hydrogens is 360 g/mol. The number of hydrogen-bond acceptors (Lipinski definition) is 4. The quantitative estimate of drug-likeness (QED) is 0.802. The Hall–Kier alpha value is -2.90. The third-order valence-corrected chi connectivity index (χ3v) is 5.88. The highest BCUT2D eigenvalue weighted by Crippen LogP contribution is 2.30. The number of nitrogens with one attached hydrogen (secondary N) is 2. The van der Waals surface area contributed by atoms with E-state index in [2.05, 4.69) is 10.3 Å². The van der Waals surface area contributed by atoms with Gasteiger partial charge in [-0.1, -0.05) is 12.1 Å². The summed E-state index contributed by atoms with van der Waals surface area (Å²) in [5.74, 6) is 0.0552. The Kier molecular flexibility index (Phi) is 5.02. The molecule has 1 saturated carbocycles. The number of piperazine rings is 1. The molecule has 1 aromatic carbocycles. The fraction of sp³-hybridized carbons (Fsp3) is 0.500. The highest BCUT2D eigenvalue weighted by molar-refractivity contribution is 5.87. The van der Waals surface area contributed by atoms with E-state index in [0.717, 1.165) is 25.7 Å². The van der Waals surface area contributed by atoms with Gasteiger partial charge >= 0.3 is 5.69 Å². The second-order valence-electron chi connectivity index (χ2n) is 7.72. The summed E-state index contributed by atoms with van der Waals surface area (Å²) in [7, 11) is 0. The first-order valence-electron chi connectivity index (χ1n) is 9.80. The minimum atomic E-state index is -0.388. The number of benzene rings is 1. The number of carbonyl (C=O) groups excluding carboxylic acids is 2. The SMILES string of the molecule is O=C1CN(C(=O)C2CCC(Cn3c(=O)[nH]c4ccccc4c3=O)CC2)CCN1. The van der Waals surface area contributed by atoms with Crippen LogP contribution < -0.4 is 16.6 Å². The number of para-hydroxylation sites is 1. The van der Waals surface area contributed by atoms with Crippen LogP contribution in [0.15, 0.2) is 33.9 Å². The molecule has 2 N–H and O–H groups in total. The fourth-order valence-corrected chi connectivity index (χ4v) is 4.30. The molecule has 0 bridgehead atoms. The Balaban J connectivity index is 1.42. The molecule has 1 aliphatic carbocycles. The van der Waals surface area contributed by atoms with Crippen molar-refractivity contribution in [3.8, 4) is 0 Å². The molecule has 2 fully saturated rings. The van der Waals surface area contributed by atoms with Crippen molar-refractivity contribution in [2.45, 2.75) is 32.2 Å². The van der Waals surface area contributed by atoms with Gasteiger partial charge in [0, 0.05) is 25.6 Å². The molecule has 0 unspecified atom stereocenters. The lowest BCUT2D eigenvalue weighted by atomic mass is 9.81. The van der Waals surface area contributed by atoms with Crippen LogP contribution in [-0.2, 0) is 16.1 Å². The largest absolute Gasteiger partial charge is 0.353 e. The van der Waals surface area contributed by atoms with Crippen LogP contribution >= 0.6 is 0 Å². The van der Waals surface area contributed by atoms with Crippen molar-refractivity contribution in [1.29, 1.82) is 0 Å². The number of aromatic nitrogens is 2. The molecule has 2 aliphatic rings. The third-order valence-electron chi connectivity index (χ3n) is 5.88. The van der Waals surface area contributed by atoms with E-state index in [1.54, 1.807) is 29.2 Å². The average Bonchev–Trinajstić information content (AvgIpc) is 2.71. The van der Waals surface area contributed by atoms with Gasteiger partial charge in [-0.15, -0.1) is 0 Å². The van der Waals surface area contributed by atoms with Crippen molar-refractivity contribution in [3.63, 3.8) is 0 Å². The molecular formula is C20H24N4O4. The van der Waals surface area contributed by atoms with Gasteiger partial charge in [0.05, 0.1) is 17.4 Å². The van der Waals surface area contributed by atoms with Crippen molar-refractivity contribution in [3.05, 3.63) is 45.1 Å². The molecule has 1 aromatic heterocycles. The number of hydrogen-bond donors (Lipinski definition) is 2. The van der Waals surface area contributed by atoms with Gasteiger partial charge in [0.2, 0.25) is 11.8 Å².